The van der Waals surface area contributed by atoms with Crippen LogP contribution in [0.4, 0.5) is 17.6 Å². The van der Waals surface area contributed by atoms with E-state index in [-0.39, 0.29) is 5.33 Å². The van der Waals surface area contributed by atoms with Gasteiger partial charge in [-0.05, 0) is 0 Å². The normalized spacial score (nSPS) is 11.2. The lowest BCUT2D eigenvalue weighted by Gasteiger charge is -2.12. The van der Waals surface area contributed by atoms with Crippen molar-refractivity contribution in [3.8, 4) is 5.88 Å². The third-order valence-corrected chi connectivity index (χ3v) is 2.38. The van der Waals surface area contributed by atoms with Gasteiger partial charge >= 0.3 is 12.3 Å². The summed E-state index contributed by atoms with van der Waals surface area (Å²) in [6.07, 6.45) is -4.38. The highest BCUT2D eigenvalue weighted by molar-refractivity contribution is 9.08. The molecule has 0 aliphatic rings. The Balaban J connectivity index is 3.25. The molecule has 9 heteroatoms. The maximum atomic E-state index is 13.7. The van der Waals surface area contributed by atoms with Crippen molar-refractivity contribution in [2.45, 2.75) is 11.7 Å². The van der Waals surface area contributed by atoms with Gasteiger partial charge in [0, 0.05) is 11.5 Å². The zero-order valence-corrected chi connectivity index (χ0v) is 10.4. The van der Waals surface area contributed by atoms with E-state index in [1.165, 1.54) is 0 Å². The van der Waals surface area contributed by atoms with E-state index in [0.29, 0.717) is 6.20 Å². The minimum Gasteiger partial charge on any atom is -0.465 e. The highest BCUT2D eigenvalue weighted by Crippen LogP contribution is 2.29. The van der Waals surface area contributed by atoms with Gasteiger partial charge in [-0.3, -0.25) is 0 Å². The van der Waals surface area contributed by atoms with E-state index in [4.69, 9.17) is 0 Å². The first-order valence-electron chi connectivity index (χ1n) is 4.37. The summed E-state index contributed by atoms with van der Waals surface area (Å²) in [6.45, 7) is 0. The van der Waals surface area contributed by atoms with Crippen molar-refractivity contribution < 1.29 is 31.8 Å². The van der Waals surface area contributed by atoms with Gasteiger partial charge in [-0.15, -0.1) is 13.2 Å². The summed E-state index contributed by atoms with van der Waals surface area (Å²) >= 11 is 2.79. The molecule has 1 aromatic rings. The summed E-state index contributed by atoms with van der Waals surface area (Å²) in [6, 6.07) is 0. The zero-order chi connectivity index (χ0) is 13.9. The molecule has 1 heterocycles. The first-order chi connectivity index (χ1) is 8.30. The summed E-state index contributed by atoms with van der Waals surface area (Å²) < 4.78 is 57.6. The number of carbonyl (C=O) groups is 1. The monoisotopic (exact) mass is 331 g/mol. The maximum Gasteiger partial charge on any atom is 0.574 e. The Labute approximate surface area is 107 Å². The van der Waals surface area contributed by atoms with Gasteiger partial charge in [0.15, 0.2) is 0 Å². The molecule has 0 aliphatic carbocycles. The van der Waals surface area contributed by atoms with E-state index in [0.717, 1.165) is 7.11 Å². The van der Waals surface area contributed by atoms with Crippen LogP contribution in [0, 0.1) is 5.82 Å². The van der Waals surface area contributed by atoms with Crippen LogP contribution in [-0.2, 0) is 10.1 Å². The highest BCUT2D eigenvalue weighted by Gasteiger charge is 2.34. The van der Waals surface area contributed by atoms with Gasteiger partial charge in [0.25, 0.3) is 0 Å². The van der Waals surface area contributed by atoms with Gasteiger partial charge in [-0.2, -0.15) is 0 Å². The SMILES string of the molecule is COC(=O)c1cnc(OC(F)(F)F)c(CBr)c1F. The van der Waals surface area contributed by atoms with Crippen molar-refractivity contribution in [2.24, 2.45) is 0 Å². The minimum absolute atomic E-state index is 0.303. The molecule has 1 rings (SSSR count). The Morgan fingerprint density at radius 1 is 1.50 bits per heavy atom. The fourth-order valence-electron chi connectivity index (χ4n) is 1.08. The van der Waals surface area contributed by atoms with Gasteiger partial charge in [-0.25, -0.2) is 14.2 Å². The van der Waals surface area contributed by atoms with Crippen molar-refractivity contribution in [1.29, 1.82) is 0 Å². The number of hydrogen-bond acceptors (Lipinski definition) is 4. The van der Waals surface area contributed by atoms with Crippen molar-refractivity contribution in [3.63, 3.8) is 0 Å². The molecule has 0 N–H and O–H groups in total. The predicted molar refractivity (Wildman–Crippen MR) is 54.8 cm³/mol. The van der Waals surface area contributed by atoms with Gasteiger partial charge < -0.3 is 9.47 Å². The lowest BCUT2D eigenvalue weighted by Crippen LogP contribution is -2.20. The number of aromatic nitrogens is 1. The number of hydrogen-bond donors (Lipinski definition) is 0. The van der Waals surface area contributed by atoms with E-state index >= 15 is 0 Å². The quantitative estimate of drug-likeness (QED) is 0.485. The second-order valence-corrected chi connectivity index (χ2v) is 3.50. The first kappa shape index (κ1) is 14.7. The molecule has 0 atom stereocenters. The third kappa shape index (κ3) is 3.31. The van der Waals surface area contributed by atoms with Crippen molar-refractivity contribution in [3.05, 3.63) is 23.1 Å². The van der Waals surface area contributed by atoms with Gasteiger partial charge in [-0.1, -0.05) is 15.9 Å². The Morgan fingerprint density at radius 3 is 2.56 bits per heavy atom. The Bertz CT molecular complexity index is 464. The van der Waals surface area contributed by atoms with Crippen molar-refractivity contribution >= 4 is 21.9 Å². The van der Waals surface area contributed by atoms with Crippen molar-refractivity contribution in [2.75, 3.05) is 7.11 Å². The molecule has 0 aliphatic heterocycles. The molecule has 0 unspecified atom stereocenters. The van der Waals surface area contributed by atoms with Crippen LogP contribution in [0.2, 0.25) is 0 Å². The second-order valence-electron chi connectivity index (χ2n) is 2.94. The molecule has 0 radical (unpaired) electrons. The molecule has 0 bridgehead atoms. The molecular formula is C9H6BrF4NO3. The average molecular weight is 332 g/mol. The first-order valence-corrected chi connectivity index (χ1v) is 5.49. The number of esters is 1. The molecule has 0 aromatic carbocycles. The molecule has 0 saturated carbocycles. The van der Waals surface area contributed by atoms with Crippen molar-refractivity contribution in [1.82, 2.24) is 4.98 Å². The lowest BCUT2D eigenvalue weighted by atomic mass is 10.2. The van der Waals surface area contributed by atoms with E-state index < -0.39 is 35.2 Å². The largest absolute Gasteiger partial charge is 0.574 e. The summed E-state index contributed by atoms with van der Waals surface area (Å²) in [5, 5.41) is -0.303. The highest BCUT2D eigenvalue weighted by atomic mass is 79.9. The summed E-state index contributed by atoms with van der Waals surface area (Å²) in [5.74, 6) is -3.17. The van der Waals surface area contributed by atoms with Crippen LogP contribution in [0.1, 0.15) is 15.9 Å². The number of pyridine rings is 1. The van der Waals surface area contributed by atoms with Crippen LogP contribution in [0.25, 0.3) is 0 Å². The van der Waals surface area contributed by atoms with Crippen LogP contribution >= 0.6 is 15.9 Å². The zero-order valence-electron chi connectivity index (χ0n) is 8.85. The molecule has 0 spiro atoms. The van der Waals surface area contributed by atoms with Crippen LogP contribution in [-0.4, -0.2) is 24.4 Å². The number of halogens is 5. The van der Waals surface area contributed by atoms with Gasteiger partial charge in [0.2, 0.25) is 5.88 Å². The number of rotatable bonds is 3. The molecule has 0 amide bonds. The molecule has 100 valence electrons. The molecule has 4 nitrogen and oxygen atoms in total. The number of methoxy groups -OCH3 is 1. The third-order valence-electron chi connectivity index (χ3n) is 1.82. The average Bonchev–Trinajstić information content (AvgIpc) is 2.26. The molecule has 0 fully saturated rings. The topological polar surface area (TPSA) is 48.4 Å². The predicted octanol–water partition coefficient (Wildman–Crippen LogP) is 2.80. The lowest BCUT2D eigenvalue weighted by molar-refractivity contribution is -0.276. The number of alkyl halides is 4. The van der Waals surface area contributed by atoms with Crippen LogP contribution in [0.15, 0.2) is 6.20 Å². The molecule has 0 saturated heterocycles. The smallest absolute Gasteiger partial charge is 0.465 e. The van der Waals surface area contributed by atoms with Crippen LogP contribution in [0.3, 0.4) is 0 Å². The maximum absolute atomic E-state index is 13.7. The number of carbonyl (C=O) groups excluding carboxylic acids is 1. The fraction of sp³-hybridized carbons (Fsp3) is 0.333. The van der Waals surface area contributed by atoms with E-state index in [2.05, 4.69) is 30.4 Å². The minimum atomic E-state index is -5.00. The van der Waals surface area contributed by atoms with E-state index in [1.807, 2.05) is 0 Å². The van der Waals surface area contributed by atoms with Gasteiger partial charge in [0.1, 0.15) is 11.4 Å². The van der Waals surface area contributed by atoms with Crippen LogP contribution in [0.5, 0.6) is 5.88 Å². The Kier molecular flexibility index (Phi) is 4.49. The molecule has 1 aromatic heterocycles. The van der Waals surface area contributed by atoms with E-state index in [9.17, 15) is 22.4 Å². The number of ether oxygens (including phenoxy) is 2. The molecule has 18 heavy (non-hydrogen) atoms. The van der Waals surface area contributed by atoms with E-state index in [1.54, 1.807) is 0 Å². The number of nitrogens with zero attached hydrogens (tertiary/aromatic N) is 1. The van der Waals surface area contributed by atoms with Gasteiger partial charge in [0.05, 0.1) is 12.7 Å². The van der Waals surface area contributed by atoms with Crippen LogP contribution < -0.4 is 4.74 Å². The Hall–Kier alpha value is -1.38. The fourth-order valence-corrected chi connectivity index (χ4v) is 1.57. The summed E-state index contributed by atoms with van der Waals surface area (Å²) in [4.78, 5) is 14.4. The second kappa shape index (κ2) is 5.51. The Morgan fingerprint density at radius 2 is 2.11 bits per heavy atom. The standard InChI is InChI=1S/C9H6BrF4NO3/c1-17-8(16)5-3-15-7(18-9(12,13)14)4(2-10)6(5)11/h3H,2H2,1H3. The summed E-state index contributed by atoms with van der Waals surface area (Å²) in [7, 11) is 1.01. The molecular weight excluding hydrogens is 326 g/mol. The summed E-state index contributed by atoms with van der Waals surface area (Å²) in [5.41, 5.74) is -1.09.